The van der Waals surface area contributed by atoms with Gasteiger partial charge in [0.1, 0.15) is 0 Å². The fourth-order valence-electron chi connectivity index (χ4n) is 2.68. The van der Waals surface area contributed by atoms with Crippen LogP contribution >= 0.6 is 0 Å². The van der Waals surface area contributed by atoms with Gasteiger partial charge in [-0.15, -0.1) is 0 Å². The van der Waals surface area contributed by atoms with Crippen LogP contribution in [0.3, 0.4) is 0 Å². The van der Waals surface area contributed by atoms with Crippen LogP contribution in [0.1, 0.15) is 51.4 Å². The van der Waals surface area contributed by atoms with Crippen LogP contribution in [-0.2, 0) is 4.74 Å². The molecule has 0 aromatic carbocycles. The standard InChI is InChI=1S/C13H23NO/c1-2-12(15-9-1)5-6-13(7-8-13)10-14-11-3-4-11/h11-12,14H,1-10H2. The van der Waals surface area contributed by atoms with Gasteiger partial charge in [0.2, 0.25) is 0 Å². The van der Waals surface area contributed by atoms with E-state index in [1.807, 2.05) is 0 Å². The Hall–Kier alpha value is -0.0800. The minimum Gasteiger partial charge on any atom is -0.378 e. The molecule has 0 amide bonds. The van der Waals surface area contributed by atoms with Crippen LogP contribution in [0.4, 0.5) is 0 Å². The summed E-state index contributed by atoms with van der Waals surface area (Å²) in [5.41, 5.74) is 0.689. The first-order chi connectivity index (χ1) is 7.36. The molecule has 2 heteroatoms. The normalized spacial score (nSPS) is 33.2. The van der Waals surface area contributed by atoms with Crippen molar-refractivity contribution >= 4 is 0 Å². The summed E-state index contributed by atoms with van der Waals surface area (Å²) >= 11 is 0. The molecule has 3 aliphatic rings. The molecule has 0 spiro atoms. The molecule has 2 nitrogen and oxygen atoms in total. The molecular formula is C13H23NO. The van der Waals surface area contributed by atoms with E-state index in [-0.39, 0.29) is 0 Å². The second kappa shape index (κ2) is 4.06. The first-order valence-corrected chi connectivity index (χ1v) is 6.71. The van der Waals surface area contributed by atoms with Crippen molar-refractivity contribution in [2.45, 2.75) is 63.5 Å². The van der Waals surface area contributed by atoms with Gasteiger partial charge in [0.15, 0.2) is 0 Å². The zero-order valence-electron chi connectivity index (χ0n) is 9.63. The third kappa shape index (κ3) is 2.73. The second-order valence-corrected chi connectivity index (χ2v) is 5.83. The lowest BCUT2D eigenvalue weighted by Gasteiger charge is -2.18. The summed E-state index contributed by atoms with van der Waals surface area (Å²) in [6.07, 6.45) is 11.7. The van der Waals surface area contributed by atoms with Crippen LogP contribution in [0, 0.1) is 5.41 Å². The summed E-state index contributed by atoms with van der Waals surface area (Å²) in [7, 11) is 0. The number of nitrogens with one attached hydrogen (secondary N) is 1. The smallest absolute Gasteiger partial charge is 0.0576 e. The fraction of sp³-hybridized carbons (Fsp3) is 1.00. The average molecular weight is 209 g/mol. The first kappa shape index (κ1) is 10.1. The van der Waals surface area contributed by atoms with Crippen LogP contribution < -0.4 is 5.32 Å². The van der Waals surface area contributed by atoms with Crippen LogP contribution in [-0.4, -0.2) is 25.3 Å². The van der Waals surface area contributed by atoms with Crippen molar-refractivity contribution in [1.82, 2.24) is 5.32 Å². The molecule has 2 saturated carbocycles. The van der Waals surface area contributed by atoms with Gasteiger partial charge in [-0.05, 0) is 56.8 Å². The SMILES string of the molecule is C1COC(CCC2(CNC3CC3)CC2)C1. The van der Waals surface area contributed by atoms with Gasteiger partial charge in [0.05, 0.1) is 6.10 Å². The number of ether oxygens (including phenoxy) is 1. The first-order valence-electron chi connectivity index (χ1n) is 6.71. The third-order valence-corrected chi connectivity index (χ3v) is 4.32. The molecule has 1 saturated heterocycles. The van der Waals surface area contributed by atoms with Gasteiger partial charge < -0.3 is 10.1 Å². The maximum Gasteiger partial charge on any atom is 0.0576 e. The lowest BCUT2D eigenvalue weighted by Crippen LogP contribution is -2.26. The Labute approximate surface area is 92.8 Å². The van der Waals surface area contributed by atoms with E-state index < -0.39 is 0 Å². The summed E-state index contributed by atoms with van der Waals surface area (Å²) in [4.78, 5) is 0. The average Bonchev–Trinajstić information content (AvgIpc) is 3.15. The monoisotopic (exact) mass is 209 g/mol. The van der Waals surface area contributed by atoms with Crippen molar-refractivity contribution in [2.24, 2.45) is 5.41 Å². The van der Waals surface area contributed by atoms with E-state index in [9.17, 15) is 0 Å². The van der Waals surface area contributed by atoms with Gasteiger partial charge in [-0.3, -0.25) is 0 Å². The van der Waals surface area contributed by atoms with E-state index >= 15 is 0 Å². The van der Waals surface area contributed by atoms with Crippen molar-refractivity contribution in [3.8, 4) is 0 Å². The molecule has 0 aromatic rings. The van der Waals surface area contributed by atoms with Gasteiger partial charge in [0.25, 0.3) is 0 Å². The predicted octanol–water partition coefficient (Wildman–Crippen LogP) is 2.48. The summed E-state index contributed by atoms with van der Waals surface area (Å²) in [5.74, 6) is 0. The summed E-state index contributed by atoms with van der Waals surface area (Å²) < 4.78 is 5.69. The molecule has 86 valence electrons. The van der Waals surface area contributed by atoms with E-state index in [0.29, 0.717) is 11.5 Å². The highest BCUT2D eigenvalue weighted by atomic mass is 16.5. The van der Waals surface area contributed by atoms with E-state index in [0.717, 1.165) is 12.6 Å². The zero-order chi connectivity index (χ0) is 10.1. The van der Waals surface area contributed by atoms with Crippen LogP contribution in [0.2, 0.25) is 0 Å². The highest BCUT2D eigenvalue weighted by Crippen LogP contribution is 2.50. The van der Waals surface area contributed by atoms with E-state index in [1.165, 1.54) is 57.9 Å². The fourth-order valence-corrected chi connectivity index (χ4v) is 2.68. The quantitative estimate of drug-likeness (QED) is 0.725. The molecule has 15 heavy (non-hydrogen) atoms. The molecule has 1 aliphatic heterocycles. The van der Waals surface area contributed by atoms with E-state index in [4.69, 9.17) is 4.74 Å². The molecule has 3 rings (SSSR count). The van der Waals surface area contributed by atoms with Gasteiger partial charge in [0, 0.05) is 19.2 Å². The summed E-state index contributed by atoms with van der Waals surface area (Å²) in [6, 6.07) is 0.880. The molecule has 1 atom stereocenters. The largest absolute Gasteiger partial charge is 0.378 e. The molecule has 1 heterocycles. The number of hydrogen-bond acceptors (Lipinski definition) is 2. The molecular weight excluding hydrogens is 186 g/mol. The second-order valence-electron chi connectivity index (χ2n) is 5.83. The Morgan fingerprint density at radius 3 is 2.67 bits per heavy atom. The van der Waals surface area contributed by atoms with Gasteiger partial charge >= 0.3 is 0 Å². The summed E-state index contributed by atoms with van der Waals surface area (Å²) in [6.45, 7) is 2.29. The van der Waals surface area contributed by atoms with Gasteiger partial charge in [-0.25, -0.2) is 0 Å². The predicted molar refractivity (Wildman–Crippen MR) is 60.9 cm³/mol. The maximum atomic E-state index is 5.69. The lowest BCUT2D eigenvalue weighted by atomic mass is 9.97. The molecule has 1 unspecified atom stereocenters. The van der Waals surface area contributed by atoms with Crippen molar-refractivity contribution in [3.63, 3.8) is 0 Å². The lowest BCUT2D eigenvalue weighted by molar-refractivity contribution is 0.0966. The van der Waals surface area contributed by atoms with E-state index in [1.54, 1.807) is 0 Å². The van der Waals surface area contributed by atoms with Crippen LogP contribution in [0.25, 0.3) is 0 Å². The molecule has 3 fully saturated rings. The van der Waals surface area contributed by atoms with Crippen LogP contribution in [0.5, 0.6) is 0 Å². The Bertz CT molecular complexity index is 215. The summed E-state index contributed by atoms with van der Waals surface area (Å²) in [5, 5.41) is 3.69. The molecule has 2 aliphatic carbocycles. The Kier molecular flexibility index (Phi) is 2.73. The minimum atomic E-state index is 0.600. The Morgan fingerprint density at radius 1 is 1.20 bits per heavy atom. The Balaban J connectivity index is 1.37. The van der Waals surface area contributed by atoms with Crippen molar-refractivity contribution in [2.75, 3.05) is 13.2 Å². The molecule has 0 aromatic heterocycles. The topological polar surface area (TPSA) is 21.3 Å². The number of hydrogen-bond donors (Lipinski definition) is 1. The highest BCUT2D eigenvalue weighted by molar-refractivity contribution is 4.97. The Morgan fingerprint density at radius 2 is 2.07 bits per heavy atom. The van der Waals surface area contributed by atoms with Crippen molar-refractivity contribution in [1.29, 1.82) is 0 Å². The zero-order valence-corrected chi connectivity index (χ0v) is 9.63. The third-order valence-electron chi connectivity index (χ3n) is 4.32. The van der Waals surface area contributed by atoms with E-state index in [2.05, 4.69) is 5.32 Å². The number of rotatable bonds is 6. The van der Waals surface area contributed by atoms with Gasteiger partial charge in [-0.2, -0.15) is 0 Å². The maximum absolute atomic E-state index is 5.69. The molecule has 1 N–H and O–H groups in total. The van der Waals surface area contributed by atoms with Gasteiger partial charge in [-0.1, -0.05) is 0 Å². The molecule has 0 radical (unpaired) electrons. The highest BCUT2D eigenvalue weighted by Gasteiger charge is 2.43. The van der Waals surface area contributed by atoms with Crippen molar-refractivity contribution in [3.05, 3.63) is 0 Å². The van der Waals surface area contributed by atoms with Crippen molar-refractivity contribution < 1.29 is 4.74 Å². The van der Waals surface area contributed by atoms with Crippen LogP contribution in [0.15, 0.2) is 0 Å². The molecule has 0 bridgehead atoms. The minimum absolute atomic E-state index is 0.600.